The molecule has 0 spiro atoms. The molecule has 2 aromatic rings. The predicted molar refractivity (Wildman–Crippen MR) is 54.6 cm³/mol. The molecule has 2 aromatic heterocycles. The lowest BCUT2D eigenvalue weighted by Gasteiger charge is -2.04. The number of nitrogens with zero attached hydrogens (tertiary/aromatic N) is 4. The Balaban J connectivity index is 0.000000845. The van der Waals surface area contributed by atoms with Gasteiger partial charge in [-0.05, 0) is 6.07 Å². The topological polar surface area (TPSA) is 33.4 Å². The fourth-order valence-electron chi connectivity index (χ4n) is 1.04. The Hall–Kier alpha value is -1.29. The third kappa shape index (κ3) is 1.72. The first-order valence-corrected chi connectivity index (χ1v) is 3.75. The van der Waals surface area contributed by atoms with Crippen molar-refractivity contribution in [2.75, 3.05) is 19.0 Å². The lowest BCUT2D eigenvalue weighted by Crippen LogP contribution is -2.08. The molecule has 0 aliphatic rings. The van der Waals surface area contributed by atoms with Crippen LogP contribution in [0.1, 0.15) is 0 Å². The Kier molecular flexibility index (Phi) is 2.72. The highest BCUT2D eigenvalue weighted by molar-refractivity contribution is 5.85. The van der Waals surface area contributed by atoms with Crippen LogP contribution in [0.25, 0.3) is 5.65 Å². The number of halogens is 1. The molecule has 0 fully saturated rings. The first kappa shape index (κ1) is 9.80. The minimum absolute atomic E-state index is 0. The van der Waals surface area contributed by atoms with Gasteiger partial charge in [0, 0.05) is 32.6 Å². The Labute approximate surface area is 82.6 Å². The number of hydrogen-bond donors (Lipinski definition) is 0. The molecule has 0 unspecified atom stereocenters. The Bertz CT molecular complexity index is 363. The lowest BCUT2D eigenvalue weighted by atomic mass is 10.5. The number of rotatable bonds is 1. The van der Waals surface area contributed by atoms with E-state index in [0.29, 0.717) is 0 Å². The summed E-state index contributed by atoms with van der Waals surface area (Å²) in [4.78, 5) is 6.11. The molecule has 70 valence electrons. The molecule has 13 heavy (non-hydrogen) atoms. The average Bonchev–Trinajstić information content (AvgIpc) is 2.46. The van der Waals surface area contributed by atoms with E-state index in [1.54, 1.807) is 10.7 Å². The molecule has 0 atom stereocenters. The van der Waals surface area contributed by atoms with Gasteiger partial charge in [-0.1, -0.05) is 0 Å². The summed E-state index contributed by atoms with van der Waals surface area (Å²) in [7, 11) is 3.92. The van der Waals surface area contributed by atoms with Crippen molar-refractivity contribution in [1.29, 1.82) is 0 Å². The summed E-state index contributed by atoms with van der Waals surface area (Å²) in [6.45, 7) is 0. The summed E-state index contributed by atoms with van der Waals surface area (Å²) in [5.74, 6) is 0.925. The molecule has 0 saturated heterocycles. The molecule has 0 bridgehead atoms. The van der Waals surface area contributed by atoms with Crippen molar-refractivity contribution in [2.45, 2.75) is 0 Å². The van der Waals surface area contributed by atoms with Crippen LogP contribution in [0, 0.1) is 0 Å². The van der Waals surface area contributed by atoms with Gasteiger partial charge in [0.25, 0.3) is 0 Å². The summed E-state index contributed by atoms with van der Waals surface area (Å²) in [6.07, 6.45) is 3.64. The van der Waals surface area contributed by atoms with Gasteiger partial charge in [-0.2, -0.15) is 0 Å². The maximum atomic E-state index is 4.29. The van der Waals surface area contributed by atoms with Gasteiger partial charge >= 0.3 is 0 Å². The quantitative estimate of drug-likeness (QED) is 0.691. The maximum Gasteiger partial charge on any atom is 0.157 e. The van der Waals surface area contributed by atoms with Crippen LogP contribution < -0.4 is 4.90 Å². The SMILES string of the molecule is CN(C)c1cc2ncccn2n1.Cl. The number of aromatic nitrogens is 3. The number of hydrogen-bond acceptors (Lipinski definition) is 3. The van der Waals surface area contributed by atoms with Crippen molar-refractivity contribution >= 4 is 23.9 Å². The van der Waals surface area contributed by atoms with E-state index in [4.69, 9.17) is 0 Å². The van der Waals surface area contributed by atoms with E-state index in [2.05, 4.69) is 10.1 Å². The number of fused-ring (bicyclic) bond motifs is 1. The fourth-order valence-corrected chi connectivity index (χ4v) is 1.04. The molecule has 0 aliphatic heterocycles. The highest BCUT2D eigenvalue weighted by atomic mass is 35.5. The molecule has 2 heterocycles. The predicted octanol–water partition coefficient (Wildman–Crippen LogP) is 1.22. The molecule has 0 saturated carbocycles. The average molecular weight is 199 g/mol. The van der Waals surface area contributed by atoms with E-state index in [1.807, 2.05) is 37.3 Å². The Morgan fingerprint density at radius 2 is 2.15 bits per heavy atom. The highest BCUT2D eigenvalue weighted by Gasteiger charge is 2.01. The summed E-state index contributed by atoms with van der Waals surface area (Å²) < 4.78 is 1.76. The monoisotopic (exact) mass is 198 g/mol. The molecule has 2 rings (SSSR count). The van der Waals surface area contributed by atoms with Gasteiger partial charge in [0.15, 0.2) is 11.5 Å². The van der Waals surface area contributed by atoms with Gasteiger partial charge < -0.3 is 4.90 Å². The Morgan fingerprint density at radius 3 is 2.77 bits per heavy atom. The molecule has 0 aliphatic carbocycles. The van der Waals surface area contributed by atoms with Crippen molar-refractivity contribution in [1.82, 2.24) is 14.6 Å². The van der Waals surface area contributed by atoms with Gasteiger partial charge in [-0.3, -0.25) is 0 Å². The fraction of sp³-hybridized carbons (Fsp3) is 0.250. The first-order valence-electron chi connectivity index (χ1n) is 3.75. The number of anilines is 1. The van der Waals surface area contributed by atoms with E-state index >= 15 is 0 Å². The molecule has 5 heteroatoms. The van der Waals surface area contributed by atoms with Crippen molar-refractivity contribution in [3.8, 4) is 0 Å². The minimum Gasteiger partial charge on any atom is -0.361 e. The van der Waals surface area contributed by atoms with E-state index in [9.17, 15) is 0 Å². The van der Waals surface area contributed by atoms with E-state index in [1.165, 1.54) is 0 Å². The van der Waals surface area contributed by atoms with Gasteiger partial charge in [0.2, 0.25) is 0 Å². The normalized spacial score (nSPS) is 9.69. The summed E-state index contributed by atoms with van der Waals surface area (Å²) in [5.41, 5.74) is 0.876. The van der Waals surface area contributed by atoms with Gasteiger partial charge in [0.1, 0.15) is 0 Å². The highest BCUT2D eigenvalue weighted by Crippen LogP contribution is 2.09. The molecular weight excluding hydrogens is 188 g/mol. The second kappa shape index (κ2) is 3.62. The van der Waals surface area contributed by atoms with Crippen molar-refractivity contribution < 1.29 is 0 Å². The van der Waals surface area contributed by atoms with E-state index in [0.717, 1.165) is 11.5 Å². The molecule has 0 amide bonds. The zero-order valence-corrected chi connectivity index (χ0v) is 8.32. The Morgan fingerprint density at radius 1 is 1.38 bits per heavy atom. The summed E-state index contributed by atoms with van der Waals surface area (Å²) in [5, 5.41) is 4.29. The van der Waals surface area contributed by atoms with Crippen LogP contribution in [-0.2, 0) is 0 Å². The van der Waals surface area contributed by atoms with E-state index < -0.39 is 0 Å². The first-order chi connectivity index (χ1) is 5.77. The third-order valence-corrected chi connectivity index (χ3v) is 1.68. The van der Waals surface area contributed by atoms with Crippen LogP contribution in [0.5, 0.6) is 0 Å². The van der Waals surface area contributed by atoms with Gasteiger partial charge in [-0.25, -0.2) is 9.50 Å². The van der Waals surface area contributed by atoms with Gasteiger partial charge in [-0.15, -0.1) is 17.5 Å². The molecule has 0 N–H and O–H groups in total. The van der Waals surface area contributed by atoms with Crippen LogP contribution >= 0.6 is 12.4 Å². The second-order valence-corrected chi connectivity index (χ2v) is 2.82. The lowest BCUT2D eigenvalue weighted by molar-refractivity contribution is 0.916. The van der Waals surface area contributed by atoms with Crippen molar-refractivity contribution in [3.05, 3.63) is 24.5 Å². The van der Waals surface area contributed by atoms with Crippen LogP contribution in [0.2, 0.25) is 0 Å². The molecule has 4 nitrogen and oxygen atoms in total. The van der Waals surface area contributed by atoms with Gasteiger partial charge in [0.05, 0.1) is 0 Å². The van der Waals surface area contributed by atoms with Crippen LogP contribution in [0.4, 0.5) is 5.82 Å². The molecule has 0 aromatic carbocycles. The zero-order chi connectivity index (χ0) is 8.55. The zero-order valence-electron chi connectivity index (χ0n) is 7.51. The maximum absolute atomic E-state index is 4.29. The molecular formula is C8H11ClN4. The second-order valence-electron chi connectivity index (χ2n) is 2.82. The van der Waals surface area contributed by atoms with Crippen LogP contribution in [-0.4, -0.2) is 28.7 Å². The standard InChI is InChI=1S/C8H10N4.ClH/c1-11(2)8-6-7-9-4-3-5-12(7)10-8;/h3-6H,1-2H3;1H. The van der Waals surface area contributed by atoms with Crippen LogP contribution in [0.15, 0.2) is 24.5 Å². The third-order valence-electron chi connectivity index (χ3n) is 1.68. The summed E-state index contributed by atoms with van der Waals surface area (Å²) in [6, 6.07) is 3.80. The van der Waals surface area contributed by atoms with Crippen molar-refractivity contribution in [3.63, 3.8) is 0 Å². The largest absolute Gasteiger partial charge is 0.361 e. The minimum atomic E-state index is 0. The summed E-state index contributed by atoms with van der Waals surface area (Å²) >= 11 is 0. The van der Waals surface area contributed by atoms with Crippen molar-refractivity contribution in [2.24, 2.45) is 0 Å². The van der Waals surface area contributed by atoms with Crippen LogP contribution in [0.3, 0.4) is 0 Å². The van der Waals surface area contributed by atoms with E-state index in [-0.39, 0.29) is 12.4 Å². The molecule has 0 radical (unpaired) electrons. The smallest absolute Gasteiger partial charge is 0.157 e.